The lowest BCUT2D eigenvalue weighted by atomic mass is 9.74. The van der Waals surface area contributed by atoms with Gasteiger partial charge in [0.15, 0.2) is 0 Å². The van der Waals surface area contributed by atoms with Crippen LogP contribution in [0.2, 0.25) is 0 Å². The zero-order chi connectivity index (χ0) is 15.5. The molecular weight excluding hydrogens is 304 g/mol. The van der Waals surface area contributed by atoms with E-state index in [-0.39, 0.29) is 5.92 Å². The molecule has 0 bridgehead atoms. The first-order chi connectivity index (χ1) is 9.95. The van der Waals surface area contributed by atoms with E-state index in [9.17, 15) is 8.42 Å². The molecule has 2 atom stereocenters. The molecule has 1 aliphatic carbocycles. The van der Waals surface area contributed by atoms with Crippen molar-refractivity contribution in [3.8, 4) is 0 Å². The molecule has 0 saturated heterocycles. The average Bonchev–Trinajstić information content (AvgIpc) is 2.49. The first kappa shape index (κ1) is 16.8. The first-order valence-electron chi connectivity index (χ1n) is 7.32. The largest absolute Gasteiger partial charge is 0.329 e. The smallest absolute Gasteiger partial charge is 0.242 e. The van der Waals surface area contributed by atoms with E-state index in [4.69, 9.17) is 5.73 Å². The van der Waals surface area contributed by atoms with E-state index in [0.29, 0.717) is 11.4 Å². The van der Waals surface area contributed by atoms with Gasteiger partial charge in [0.2, 0.25) is 10.0 Å². The summed E-state index contributed by atoms with van der Waals surface area (Å²) < 4.78 is 28.6. The highest BCUT2D eigenvalue weighted by molar-refractivity contribution is 7.99. The van der Waals surface area contributed by atoms with Crippen LogP contribution in [0.1, 0.15) is 32.6 Å². The summed E-state index contributed by atoms with van der Waals surface area (Å²) in [4.78, 5) is 1.11. The van der Waals surface area contributed by atoms with Gasteiger partial charge in [-0.05, 0) is 37.1 Å². The normalized spacial score (nSPS) is 26.7. The topological polar surface area (TPSA) is 72.2 Å². The number of hydrogen-bond donors (Lipinski definition) is 2. The van der Waals surface area contributed by atoms with Gasteiger partial charge in [0.1, 0.15) is 0 Å². The molecule has 0 spiro atoms. The fourth-order valence-corrected chi connectivity index (χ4v) is 5.76. The minimum Gasteiger partial charge on any atom is -0.329 e. The molecule has 3 N–H and O–H groups in total. The van der Waals surface area contributed by atoms with Gasteiger partial charge >= 0.3 is 0 Å². The minimum atomic E-state index is -3.56. The molecule has 1 saturated carbocycles. The van der Waals surface area contributed by atoms with E-state index in [2.05, 4.69) is 11.6 Å². The maximum absolute atomic E-state index is 12.8. The van der Waals surface area contributed by atoms with E-state index in [1.165, 1.54) is 11.8 Å². The molecule has 1 aromatic rings. The average molecular weight is 329 g/mol. The number of benzene rings is 1. The molecule has 0 amide bonds. The summed E-state index contributed by atoms with van der Waals surface area (Å²) in [6.07, 6.45) is 5.88. The zero-order valence-corrected chi connectivity index (χ0v) is 14.3. The van der Waals surface area contributed by atoms with Gasteiger partial charge in [0, 0.05) is 17.0 Å². The van der Waals surface area contributed by atoms with Crippen molar-refractivity contribution in [1.82, 2.24) is 4.72 Å². The minimum absolute atomic E-state index is 0.257. The van der Waals surface area contributed by atoms with Crippen molar-refractivity contribution in [2.75, 3.05) is 12.8 Å². The van der Waals surface area contributed by atoms with Crippen LogP contribution in [0, 0.1) is 5.92 Å². The Hall–Kier alpha value is -0.560. The number of sulfonamides is 1. The van der Waals surface area contributed by atoms with Gasteiger partial charge in [-0.1, -0.05) is 31.9 Å². The quantitative estimate of drug-likeness (QED) is 0.815. The van der Waals surface area contributed by atoms with E-state index in [1.807, 2.05) is 18.4 Å². The lowest BCUT2D eigenvalue weighted by Gasteiger charge is -2.42. The third-order valence-electron chi connectivity index (χ3n) is 4.51. The van der Waals surface area contributed by atoms with Crippen LogP contribution in [-0.4, -0.2) is 26.8 Å². The fraction of sp³-hybridized carbons (Fsp3) is 0.600. The third-order valence-corrected chi connectivity index (χ3v) is 7.05. The van der Waals surface area contributed by atoms with Crippen molar-refractivity contribution in [1.29, 1.82) is 0 Å². The summed E-state index contributed by atoms with van der Waals surface area (Å²) in [7, 11) is -3.56. The molecule has 1 aromatic carbocycles. The summed E-state index contributed by atoms with van der Waals surface area (Å²) in [6.45, 7) is 2.43. The van der Waals surface area contributed by atoms with Crippen LogP contribution in [0.15, 0.2) is 34.1 Å². The van der Waals surface area contributed by atoms with Gasteiger partial charge in [-0.3, -0.25) is 0 Å². The van der Waals surface area contributed by atoms with Crippen molar-refractivity contribution in [3.63, 3.8) is 0 Å². The number of nitrogens with two attached hydrogens (primary N) is 1. The molecule has 21 heavy (non-hydrogen) atoms. The van der Waals surface area contributed by atoms with Crippen molar-refractivity contribution in [2.24, 2.45) is 11.7 Å². The number of hydrogen-bond acceptors (Lipinski definition) is 4. The van der Waals surface area contributed by atoms with Crippen LogP contribution >= 0.6 is 11.8 Å². The van der Waals surface area contributed by atoms with Gasteiger partial charge in [-0.15, -0.1) is 11.8 Å². The third kappa shape index (κ3) is 3.44. The Bertz CT molecular complexity index is 589. The van der Waals surface area contributed by atoms with Gasteiger partial charge in [-0.2, -0.15) is 0 Å². The van der Waals surface area contributed by atoms with Crippen molar-refractivity contribution in [2.45, 2.75) is 47.9 Å². The van der Waals surface area contributed by atoms with Gasteiger partial charge < -0.3 is 5.73 Å². The zero-order valence-electron chi connectivity index (χ0n) is 12.6. The Morgan fingerprint density at radius 1 is 1.38 bits per heavy atom. The van der Waals surface area contributed by atoms with Gasteiger partial charge in [0.25, 0.3) is 0 Å². The standard InChI is InChI=1S/C15H24N2O2S2/c1-12-7-5-6-10-15(12,11-16)17-21(18,19)14-9-4-3-8-13(14)20-2/h3-4,8-9,12,17H,5-7,10-11,16H2,1-2H3. The maximum atomic E-state index is 12.8. The van der Waals surface area contributed by atoms with Crippen LogP contribution < -0.4 is 10.5 Å². The van der Waals surface area contributed by atoms with Crippen LogP contribution in [0.5, 0.6) is 0 Å². The van der Waals surface area contributed by atoms with Crippen LogP contribution in [0.25, 0.3) is 0 Å². The molecule has 0 aromatic heterocycles. The highest BCUT2D eigenvalue weighted by atomic mass is 32.2. The Morgan fingerprint density at radius 3 is 2.71 bits per heavy atom. The summed E-state index contributed by atoms with van der Waals surface area (Å²) >= 11 is 1.44. The van der Waals surface area contributed by atoms with E-state index in [0.717, 1.165) is 30.6 Å². The van der Waals surface area contributed by atoms with E-state index >= 15 is 0 Å². The second-order valence-electron chi connectivity index (χ2n) is 5.76. The summed E-state index contributed by atoms with van der Waals surface area (Å²) in [6, 6.07) is 7.10. The lowest BCUT2D eigenvalue weighted by Crippen LogP contribution is -2.59. The van der Waals surface area contributed by atoms with Gasteiger partial charge in [0.05, 0.1) is 4.90 Å². The Balaban J connectivity index is 2.35. The summed E-state index contributed by atoms with van der Waals surface area (Å²) in [5, 5.41) is 0. The molecule has 2 unspecified atom stereocenters. The van der Waals surface area contributed by atoms with Crippen LogP contribution in [-0.2, 0) is 10.0 Å². The molecule has 1 fully saturated rings. The van der Waals surface area contributed by atoms with E-state index in [1.54, 1.807) is 12.1 Å². The molecule has 4 nitrogen and oxygen atoms in total. The first-order valence-corrected chi connectivity index (χ1v) is 10.0. The van der Waals surface area contributed by atoms with E-state index < -0.39 is 15.6 Å². The molecule has 2 rings (SSSR count). The second-order valence-corrected chi connectivity index (χ2v) is 8.26. The predicted molar refractivity (Wildman–Crippen MR) is 88.0 cm³/mol. The monoisotopic (exact) mass is 328 g/mol. The Morgan fingerprint density at radius 2 is 2.10 bits per heavy atom. The molecule has 0 heterocycles. The highest BCUT2D eigenvalue weighted by Crippen LogP contribution is 2.35. The molecule has 0 radical (unpaired) electrons. The summed E-state index contributed by atoms with van der Waals surface area (Å²) in [5.41, 5.74) is 5.44. The highest BCUT2D eigenvalue weighted by Gasteiger charge is 2.40. The van der Waals surface area contributed by atoms with Crippen LogP contribution in [0.3, 0.4) is 0 Å². The number of rotatable bonds is 5. The molecule has 0 aliphatic heterocycles. The second kappa shape index (κ2) is 6.69. The Labute approximate surface area is 131 Å². The van der Waals surface area contributed by atoms with Gasteiger partial charge in [-0.25, -0.2) is 13.1 Å². The SMILES string of the molecule is CSc1ccccc1S(=O)(=O)NC1(CN)CCCCC1C. The fourth-order valence-electron chi connectivity index (χ4n) is 3.07. The Kier molecular flexibility index (Phi) is 5.35. The molecule has 1 aliphatic rings. The summed E-state index contributed by atoms with van der Waals surface area (Å²) in [5.74, 6) is 0.257. The van der Waals surface area contributed by atoms with Crippen molar-refractivity contribution >= 4 is 21.8 Å². The predicted octanol–water partition coefficient (Wildman–Crippen LogP) is 2.59. The van der Waals surface area contributed by atoms with Crippen molar-refractivity contribution < 1.29 is 8.42 Å². The van der Waals surface area contributed by atoms with Crippen molar-refractivity contribution in [3.05, 3.63) is 24.3 Å². The number of thioether (sulfide) groups is 1. The molecule has 118 valence electrons. The maximum Gasteiger partial charge on any atom is 0.242 e. The lowest BCUT2D eigenvalue weighted by molar-refractivity contribution is 0.191. The number of nitrogens with one attached hydrogen (secondary N) is 1. The van der Waals surface area contributed by atoms with Crippen LogP contribution in [0.4, 0.5) is 0 Å². The molecular formula is C15H24N2O2S2. The molecule has 6 heteroatoms.